The standard InChI is InChI=1S/C20H20FO2.Y/c1-14-5-7-15(8-6-14)16-9-11-17(12-10-16)20(22)23-19-4-2-3-18(21)13-19;/h2,4,9-15H,5-8H2,1H3;/q-1;+3. The first kappa shape index (κ1) is 19.3. The van der Waals surface area contributed by atoms with Crippen LogP contribution in [0, 0.1) is 17.8 Å². The Labute approximate surface area is 167 Å². The Balaban J connectivity index is 0.00000208. The van der Waals surface area contributed by atoms with Crippen LogP contribution in [0.4, 0.5) is 4.39 Å². The maximum atomic E-state index is 13.1. The number of carbonyl (C=O) groups excluding carboxylic acids is 1. The van der Waals surface area contributed by atoms with E-state index in [1.807, 2.05) is 12.1 Å². The molecule has 3 rings (SSSR count). The number of benzene rings is 2. The minimum absolute atomic E-state index is 0. The molecule has 2 aromatic rings. The van der Waals surface area contributed by atoms with Crippen LogP contribution in [-0.2, 0) is 32.7 Å². The van der Waals surface area contributed by atoms with E-state index in [2.05, 4.69) is 13.0 Å². The number of rotatable bonds is 3. The predicted molar refractivity (Wildman–Crippen MR) is 87.0 cm³/mol. The van der Waals surface area contributed by atoms with Crippen LogP contribution >= 0.6 is 0 Å². The van der Waals surface area contributed by atoms with Crippen LogP contribution in [0.25, 0.3) is 0 Å². The molecule has 1 aliphatic carbocycles. The first-order valence-electron chi connectivity index (χ1n) is 8.11. The van der Waals surface area contributed by atoms with Gasteiger partial charge in [-0.2, -0.15) is 6.07 Å². The van der Waals surface area contributed by atoms with E-state index in [1.165, 1.54) is 43.4 Å². The molecule has 1 fully saturated rings. The molecule has 0 N–H and O–H groups in total. The van der Waals surface area contributed by atoms with Crippen LogP contribution in [0.2, 0.25) is 0 Å². The van der Waals surface area contributed by atoms with Gasteiger partial charge in [0, 0.05) is 11.6 Å². The summed E-state index contributed by atoms with van der Waals surface area (Å²) in [5.41, 5.74) is 1.76. The summed E-state index contributed by atoms with van der Waals surface area (Å²) in [6.45, 7) is 2.31. The molecule has 0 saturated heterocycles. The molecule has 0 aliphatic heterocycles. The molecule has 1 aliphatic rings. The molecule has 0 spiro atoms. The Bertz CT molecular complexity index is 676. The van der Waals surface area contributed by atoms with Crippen molar-refractivity contribution in [1.82, 2.24) is 0 Å². The summed E-state index contributed by atoms with van der Waals surface area (Å²) >= 11 is 0. The number of ether oxygens (including phenoxy) is 1. The van der Waals surface area contributed by atoms with E-state index < -0.39 is 11.8 Å². The maximum Gasteiger partial charge on any atom is 3.00 e. The average Bonchev–Trinajstić information content (AvgIpc) is 2.56. The second-order valence-corrected chi connectivity index (χ2v) is 6.34. The van der Waals surface area contributed by atoms with Gasteiger partial charge in [-0.3, -0.25) is 0 Å². The fourth-order valence-corrected chi connectivity index (χ4v) is 3.13. The van der Waals surface area contributed by atoms with E-state index in [9.17, 15) is 9.18 Å². The quantitative estimate of drug-likeness (QED) is 0.405. The minimum Gasteiger partial charge on any atom is -0.450 e. The van der Waals surface area contributed by atoms with Crippen molar-refractivity contribution >= 4 is 5.97 Å². The second-order valence-electron chi connectivity index (χ2n) is 6.34. The molecule has 24 heavy (non-hydrogen) atoms. The van der Waals surface area contributed by atoms with E-state index in [1.54, 1.807) is 12.1 Å². The summed E-state index contributed by atoms with van der Waals surface area (Å²) in [6.07, 6.45) is 4.96. The van der Waals surface area contributed by atoms with Gasteiger partial charge in [-0.25, -0.2) is 9.18 Å². The van der Waals surface area contributed by atoms with Gasteiger partial charge >= 0.3 is 38.7 Å². The normalized spacial score (nSPS) is 20.1. The molecule has 2 nitrogen and oxygen atoms in total. The third kappa shape index (κ3) is 4.97. The van der Waals surface area contributed by atoms with Gasteiger partial charge in [0.05, 0.1) is 5.56 Å². The monoisotopic (exact) mass is 400 g/mol. The topological polar surface area (TPSA) is 26.3 Å². The molecule has 0 heterocycles. The van der Waals surface area contributed by atoms with Gasteiger partial charge in [0.2, 0.25) is 0 Å². The van der Waals surface area contributed by atoms with Crippen molar-refractivity contribution in [1.29, 1.82) is 0 Å². The van der Waals surface area contributed by atoms with E-state index in [-0.39, 0.29) is 38.5 Å². The van der Waals surface area contributed by atoms with Gasteiger partial charge in [-0.15, -0.1) is 12.1 Å². The smallest absolute Gasteiger partial charge is 0.450 e. The predicted octanol–water partition coefficient (Wildman–Crippen LogP) is 5.14. The number of hydrogen-bond donors (Lipinski definition) is 0. The summed E-state index contributed by atoms with van der Waals surface area (Å²) < 4.78 is 18.2. The number of hydrogen-bond acceptors (Lipinski definition) is 2. The third-order valence-electron chi connectivity index (χ3n) is 4.58. The van der Waals surface area contributed by atoms with Crippen LogP contribution in [0.3, 0.4) is 0 Å². The largest absolute Gasteiger partial charge is 3.00 e. The van der Waals surface area contributed by atoms with Crippen molar-refractivity contribution in [2.75, 3.05) is 0 Å². The molecule has 4 heteroatoms. The Morgan fingerprint density at radius 3 is 2.42 bits per heavy atom. The first-order chi connectivity index (χ1) is 11.1. The van der Waals surface area contributed by atoms with Gasteiger partial charge in [0.15, 0.2) is 0 Å². The molecule has 2 aromatic carbocycles. The summed E-state index contributed by atoms with van der Waals surface area (Å²) in [7, 11) is 0. The van der Waals surface area contributed by atoms with Crippen LogP contribution in [0.5, 0.6) is 5.75 Å². The van der Waals surface area contributed by atoms with Crippen molar-refractivity contribution in [3.05, 3.63) is 65.5 Å². The number of esters is 1. The van der Waals surface area contributed by atoms with Crippen molar-refractivity contribution in [2.24, 2.45) is 5.92 Å². The van der Waals surface area contributed by atoms with Crippen molar-refractivity contribution in [3.63, 3.8) is 0 Å². The van der Waals surface area contributed by atoms with Gasteiger partial charge in [0.25, 0.3) is 0 Å². The molecule has 1 saturated carbocycles. The SMILES string of the molecule is CC1CCC(c2ccc(C(=O)Oc3cc[c-]c(F)c3)cc2)CC1.[Y+3]. The molecule has 0 unspecified atom stereocenters. The average molecular weight is 400 g/mol. The summed E-state index contributed by atoms with van der Waals surface area (Å²) in [6, 6.07) is 14.0. The number of halogens is 1. The molecule has 0 radical (unpaired) electrons. The Morgan fingerprint density at radius 1 is 1.12 bits per heavy atom. The number of carbonyl (C=O) groups is 1. The van der Waals surface area contributed by atoms with Gasteiger partial charge in [-0.05, 0) is 42.4 Å². The Hall–Kier alpha value is -1.06. The first-order valence-corrected chi connectivity index (χ1v) is 8.11. The van der Waals surface area contributed by atoms with E-state index in [4.69, 9.17) is 4.74 Å². The Kier molecular flexibility index (Phi) is 7.12. The molecule has 120 valence electrons. The van der Waals surface area contributed by atoms with E-state index in [0.717, 1.165) is 12.0 Å². The minimum atomic E-state index is -0.544. The van der Waals surface area contributed by atoms with E-state index in [0.29, 0.717) is 11.5 Å². The van der Waals surface area contributed by atoms with Crippen LogP contribution < -0.4 is 4.74 Å². The van der Waals surface area contributed by atoms with Gasteiger partial charge in [0.1, 0.15) is 0 Å². The zero-order chi connectivity index (χ0) is 16.2. The summed E-state index contributed by atoms with van der Waals surface area (Å²) in [4.78, 5) is 12.1. The van der Waals surface area contributed by atoms with Crippen molar-refractivity contribution < 1.29 is 46.6 Å². The molecule has 0 amide bonds. The van der Waals surface area contributed by atoms with E-state index >= 15 is 0 Å². The third-order valence-corrected chi connectivity index (χ3v) is 4.58. The zero-order valence-electron chi connectivity index (χ0n) is 13.8. The van der Waals surface area contributed by atoms with Gasteiger partial charge < -0.3 is 4.74 Å². The molecular weight excluding hydrogens is 380 g/mol. The van der Waals surface area contributed by atoms with Crippen molar-refractivity contribution in [3.8, 4) is 5.75 Å². The zero-order valence-corrected chi connectivity index (χ0v) is 16.6. The van der Waals surface area contributed by atoms with Crippen LogP contribution in [0.1, 0.15) is 54.4 Å². The second kappa shape index (κ2) is 8.87. The fraction of sp³-hybridized carbons (Fsp3) is 0.350. The molecular formula is C20H20FO2Y+2. The summed E-state index contributed by atoms with van der Waals surface area (Å²) in [5, 5.41) is 0. The molecule has 0 bridgehead atoms. The molecule has 0 atom stereocenters. The van der Waals surface area contributed by atoms with Crippen molar-refractivity contribution in [2.45, 2.75) is 38.5 Å². The van der Waals surface area contributed by atoms with Gasteiger partial charge in [-0.1, -0.05) is 38.0 Å². The fourth-order valence-electron chi connectivity index (χ4n) is 3.13. The summed E-state index contributed by atoms with van der Waals surface area (Å²) in [5.74, 6) is 0.590. The van der Waals surface area contributed by atoms with Crippen LogP contribution in [0.15, 0.2) is 42.5 Å². The molecule has 0 aromatic heterocycles. The Morgan fingerprint density at radius 2 is 1.79 bits per heavy atom. The van der Waals surface area contributed by atoms with Crippen LogP contribution in [-0.4, -0.2) is 5.97 Å². The maximum absolute atomic E-state index is 13.1.